The van der Waals surface area contributed by atoms with Crippen molar-refractivity contribution >= 4 is 0 Å². The molecule has 0 saturated heterocycles. The molecule has 2 N–H and O–H groups in total. The summed E-state index contributed by atoms with van der Waals surface area (Å²) in [6.45, 7) is 5.96. The fourth-order valence-corrected chi connectivity index (χ4v) is 1.57. The summed E-state index contributed by atoms with van der Waals surface area (Å²) in [6, 6.07) is 0.304. The second kappa shape index (κ2) is 3.72. The Morgan fingerprint density at radius 1 is 1.82 bits per heavy atom. The Kier molecular flexibility index (Phi) is 2.89. The van der Waals surface area contributed by atoms with Crippen LogP contribution in [0.2, 0.25) is 0 Å². The van der Waals surface area contributed by atoms with E-state index in [1.54, 1.807) is 0 Å². The molecule has 1 nitrogen and oxygen atoms in total. The number of hydrogen-bond donors (Lipinski definition) is 1. The molecule has 1 heteroatoms. The molecule has 0 aliphatic heterocycles. The minimum atomic E-state index is 0.304. The van der Waals surface area contributed by atoms with Crippen LogP contribution in [0.1, 0.15) is 32.6 Å². The Bertz CT molecular complexity index is 179. The van der Waals surface area contributed by atoms with Gasteiger partial charge in [-0.15, -0.1) is 0 Å². The van der Waals surface area contributed by atoms with Crippen molar-refractivity contribution in [3.05, 3.63) is 23.8 Å². The van der Waals surface area contributed by atoms with Gasteiger partial charge >= 0.3 is 0 Å². The van der Waals surface area contributed by atoms with E-state index >= 15 is 0 Å². The molecule has 62 valence electrons. The molecule has 0 aromatic heterocycles. The molecule has 0 heterocycles. The topological polar surface area (TPSA) is 26.0 Å². The summed E-state index contributed by atoms with van der Waals surface area (Å²) in [5.41, 5.74) is 8.52. The second-order valence-corrected chi connectivity index (χ2v) is 3.51. The van der Waals surface area contributed by atoms with Crippen molar-refractivity contribution in [3.63, 3.8) is 0 Å². The molecule has 0 saturated carbocycles. The lowest BCUT2D eigenvalue weighted by molar-refractivity contribution is 0.617. The third-order valence-corrected chi connectivity index (χ3v) is 2.01. The maximum absolute atomic E-state index is 5.79. The first-order valence-corrected chi connectivity index (χ1v) is 4.28. The molecule has 1 aliphatic carbocycles. The highest BCUT2D eigenvalue weighted by Crippen LogP contribution is 2.21. The van der Waals surface area contributed by atoms with E-state index in [9.17, 15) is 0 Å². The van der Waals surface area contributed by atoms with Gasteiger partial charge in [0.25, 0.3) is 0 Å². The molecule has 0 amide bonds. The summed E-state index contributed by atoms with van der Waals surface area (Å²) in [7, 11) is 0. The highest BCUT2D eigenvalue weighted by molar-refractivity contribution is 5.16. The van der Waals surface area contributed by atoms with Gasteiger partial charge in [-0.3, -0.25) is 0 Å². The number of allylic oxidation sites excluding steroid dienone is 2. The van der Waals surface area contributed by atoms with Gasteiger partial charge in [-0.2, -0.15) is 0 Å². The van der Waals surface area contributed by atoms with Crippen LogP contribution in [-0.2, 0) is 0 Å². The minimum Gasteiger partial charge on any atom is -0.324 e. The predicted molar refractivity (Wildman–Crippen MR) is 49.3 cm³/mol. The van der Waals surface area contributed by atoms with E-state index in [4.69, 9.17) is 5.73 Å². The Balaban J connectivity index is 2.49. The van der Waals surface area contributed by atoms with Gasteiger partial charge in [0.1, 0.15) is 0 Å². The van der Waals surface area contributed by atoms with E-state index in [-0.39, 0.29) is 0 Å². The lowest BCUT2D eigenvalue weighted by atomic mass is 9.92. The summed E-state index contributed by atoms with van der Waals surface area (Å²) in [5.74, 6) is 0. The molecule has 1 aliphatic rings. The molecule has 1 atom stereocenters. The van der Waals surface area contributed by atoms with Crippen molar-refractivity contribution in [1.29, 1.82) is 0 Å². The minimum absolute atomic E-state index is 0.304. The van der Waals surface area contributed by atoms with Crippen LogP contribution in [0.5, 0.6) is 0 Å². The van der Waals surface area contributed by atoms with Crippen LogP contribution in [0, 0.1) is 0 Å². The largest absolute Gasteiger partial charge is 0.324 e. The average molecular weight is 151 g/mol. The molecule has 0 fully saturated rings. The van der Waals surface area contributed by atoms with Gasteiger partial charge in [0.2, 0.25) is 0 Å². The van der Waals surface area contributed by atoms with E-state index in [0.29, 0.717) is 6.04 Å². The van der Waals surface area contributed by atoms with Crippen molar-refractivity contribution < 1.29 is 0 Å². The van der Waals surface area contributed by atoms with Crippen molar-refractivity contribution in [1.82, 2.24) is 0 Å². The van der Waals surface area contributed by atoms with Crippen LogP contribution in [0.25, 0.3) is 0 Å². The number of nitrogens with two attached hydrogens (primary N) is 1. The molecule has 0 radical (unpaired) electrons. The maximum Gasteiger partial charge on any atom is 0.0226 e. The van der Waals surface area contributed by atoms with Crippen molar-refractivity contribution in [3.8, 4) is 0 Å². The Labute approximate surface area is 69.0 Å². The third kappa shape index (κ3) is 2.89. The van der Waals surface area contributed by atoms with Crippen LogP contribution >= 0.6 is 0 Å². The Morgan fingerprint density at radius 3 is 3.09 bits per heavy atom. The van der Waals surface area contributed by atoms with Gasteiger partial charge in [0, 0.05) is 6.04 Å². The third-order valence-electron chi connectivity index (χ3n) is 2.01. The zero-order valence-electron chi connectivity index (χ0n) is 7.27. The quantitative estimate of drug-likeness (QED) is 0.602. The van der Waals surface area contributed by atoms with Gasteiger partial charge in [-0.05, 0) is 32.6 Å². The fraction of sp³-hybridized carbons (Fsp3) is 0.600. The van der Waals surface area contributed by atoms with Crippen molar-refractivity contribution in [2.75, 3.05) is 0 Å². The van der Waals surface area contributed by atoms with Crippen LogP contribution in [0.4, 0.5) is 0 Å². The van der Waals surface area contributed by atoms with E-state index < -0.39 is 0 Å². The highest BCUT2D eigenvalue weighted by Gasteiger charge is 2.08. The highest BCUT2D eigenvalue weighted by atomic mass is 14.6. The van der Waals surface area contributed by atoms with Crippen LogP contribution < -0.4 is 5.73 Å². The Hall–Kier alpha value is -0.560. The van der Waals surface area contributed by atoms with Gasteiger partial charge in [0.05, 0.1) is 0 Å². The first-order valence-electron chi connectivity index (χ1n) is 4.28. The molecule has 1 rings (SSSR count). The lowest BCUT2D eigenvalue weighted by Gasteiger charge is -2.17. The molecular weight excluding hydrogens is 134 g/mol. The van der Waals surface area contributed by atoms with Crippen molar-refractivity contribution in [2.24, 2.45) is 5.73 Å². The van der Waals surface area contributed by atoms with E-state index in [1.807, 2.05) is 0 Å². The summed E-state index contributed by atoms with van der Waals surface area (Å²) < 4.78 is 0. The van der Waals surface area contributed by atoms with Gasteiger partial charge in [-0.1, -0.05) is 23.8 Å². The van der Waals surface area contributed by atoms with E-state index in [0.717, 1.165) is 12.8 Å². The first-order chi connectivity index (χ1) is 5.18. The average Bonchev–Trinajstić information content (AvgIpc) is 1.85. The Morgan fingerprint density at radius 2 is 2.55 bits per heavy atom. The summed E-state index contributed by atoms with van der Waals surface area (Å²) in [6.07, 6.45) is 6.88. The predicted octanol–water partition coefficient (Wildman–Crippen LogP) is 2.39. The monoisotopic (exact) mass is 151 g/mol. The van der Waals surface area contributed by atoms with Crippen molar-refractivity contribution in [2.45, 2.75) is 38.6 Å². The normalized spacial score (nSPS) is 24.5. The van der Waals surface area contributed by atoms with Crippen LogP contribution in [0.3, 0.4) is 0 Å². The molecule has 0 bridgehead atoms. The van der Waals surface area contributed by atoms with E-state index in [2.05, 4.69) is 19.6 Å². The standard InChI is InChI=1S/C10H17N/c1-8(2)6-9-4-3-5-10(11)7-9/h7,10H,1,3-6,11H2,2H3. The SMILES string of the molecule is C=C(C)CC1=CC(N)CCC1. The first kappa shape index (κ1) is 8.54. The maximum atomic E-state index is 5.79. The van der Waals surface area contributed by atoms with Crippen LogP contribution in [0.15, 0.2) is 23.8 Å². The number of hydrogen-bond acceptors (Lipinski definition) is 1. The second-order valence-electron chi connectivity index (χ2n) is 3.51. The van der Waals surface area contributed by atoms with Crippen LogP contribution in [-0.4, -0.2) is 6.04 Å². The van der Waals surface area contributed by atoms with Gasteiger partial charge < -0.3 is 5.73 Å². The summed E-state index contributed by atoms with van der Waals surface area (Å²) in [4.78, 5) is 0. The molecule has 11 heavy (non-hydrogen) atoms. The zero-order chi connectivity index (χ0) is 8.27. The summed E-state index contributed by atoms with van der Waals surface area (Å²) in [5, 5.41) is 0. The fourth-order valence-electron chi connectivity index (χ4n) is 1.57. The molecule has 0 aromatic rings. The van der Waals surface area contributed by atoms with Gasteiger partial charge in [-0.25, -0.2) is 0 Å². The lowest BCUT2D eigenvalue weighted by Crippen LogP contribution is -2.20. The zero-order valence-corrected chi connectivity index (χ0v) is 7.27. The number of rotatable bonds is 2. The molecular formula is C10H17N. The molecule has 1 unspecified atom stereocenters. The van der Waals surface area contributed by atoms with Gasteiger partial charge in [0.15, 0.2) is 0 Å². The molecule has 0 aromatic carbocycles. The summed E-state index contributed by atoms with van der Waals surface area (Å²) >= 11 is 0. The molecule has 0 spiro atoms. The van der Waals surface area contributed by atoms with E-state index in [1.165, 1.54) is 24.0 Å². The smallest absolute Gasteiger partial charge is 0.0226 e.